The Hall–Kier alpha value is -2.96. The Bertz CT molecular complexity index is 1340. The summed E-state index contributed by atoms with van der Waals surface area (Å²) >= 11 is 6.16. The van der Waals surface area contributed by atoms with Crippen molar-refractivity contribution in [3.05, 3.63) is 95.0 Å². The van der Waals surface area contributed by atoms with Gasteiger partial charge in [0, 0.05) is 11.6 Å². The van der Waals surface area contributed by atoms with Crippen molar-refractivity contribution in [2.45, 2.75) is 43.2 Å². The van der Waals surface area contributed by atoms with Gasteiger partial charge < -0.3 is 10.1 Å². The van der Waals surface area contributed by atoms with E-state index in [0.29, 0.717) is 16.6 Å². The highest BCUT2D eigenvalue weighted by Crippen LogP contribution is 2.50. The number of anilines is 2. The van der Waals surface area contributed by atoms with E-state index < -0.39 is 10.0 Å². The van der Waals surface area contributed by atoms with Gasteiger partial charge in [0.25, 0.3) is 10.0 Å². The first-order chi connectivity index (χ1) is 16.3. The van der Waals surface area contributed by atoms with Crippen LogP contribution >= 0.6 is 11.6 Å². The molecule has 5 nitrogen and oxygen atoms in total. The third-order valence-corrected chi connectivity index (χ3v) is 8.07. The zero-order valence-corrected chi connectivity index (χ0v) is 20.6. The highest BCUT2D eigenvalue weighted by atomic mass is 35.5. The molecule has 7 heteroatoms. The molecule has 5 rings (SSSR count). The molecule has 3 atom stereocenters. The molecule has 0 aromatic heterocycles. The number of para-hydroxylation sites is 1. The Kier molecular flexibility index (Phi) is 6.04. The second kappa shape index (κ2) is 9.01. The molecule has 2 N–H and O–H groups in total. The number of hydrogen-bond donors (Lipinski definition) is 2. The van der Waals surface area contributed by atoms with Crippen LogP contribution in [0.2, 0.25) is 5.02 Å². The average molecular weight is 495 g/mol. The van der Waals surface area contributed by atoms with Crippen LogP contribution in [-0.4, -0.2) is 14.5 Å². The lowest BCUT2D eigenvalue weighted by atomic mass is 9.77. The highest BCUT2D eigenvalue weighted by Gasteiger charge is 2.38. The summed E-state index contributed by atoms with van der Waals surface area (Å²) < 4.78 is 34.6. The monoisotopic (exact) mass is 494 g/mol. The number of hydrogen-bond acceptors (Lipinski definition) is 4. The zero-order valence-electron chi connectivity index (χ0n) is 19.0. The van der Waals surface area contributed by atoms with Crippen LogP contribution < -0.4 is 14.8 Å². The molecule has 0 unspecified atom stereocenters. The SMILES string of the molecule is CC(C)Oc1ccc([C@H]2Nc3ccc(S(=O)(=O)Nc4ccccc4Cl)cc3[C@H]3C=CC[C@H]32)cc1. The fraction of sp³-hybridized carbons (Fsp3) is 0.259. The van der Waals surface area contributed by atoms with Gasteiger partial charge in [0.1, 0.15) is 5.75 Å². The average Bonchev–Trinajstić information content (AvgIpc) is 3.30. The molecule has 34 heavy (non-hydrogen) atoms. The first kappa shape index (κ1) is 22.8. The Balaban J connectivity index is 1.44. The van der Waals surface area contributed by atoms with Crippen molar-refractivity contribution in [3.8, 4) is 5.75 Å². The molecular weight excluding hydrogens is 468 g/mol. The minimum atomic E-state index is -3.78. The molecule has 1 aliphatic carbocycles. The van der Waals surface area contributed by atoms with E-state index in [0.717, 1.165) is 23.4 Å². The lowest BCUT2D eigenvalue weighted by molar-refractivity contribution is 0.242. The Morgan fingerprint density at radius 1 is 1.06 bits per heavy atom. The first-order valence-corrected chi connectivity index (χ1v) is 13.3. The van der Waals surface area contributed by atoms with Crippen molar-refractivity contribution in [2.24, 2.45) is 5.92 Å². The summed E-state index contributed by atoms with van der Waals surface area (Å²) in [6.07, 6.45) is 5.46. The van der Waals surface area contributed by atoms with Gasteiger partial charge in [-0.25, -0.2) is 8.42 Å². The van der Waals surface area contributed by atoms with Crippen LogP contribution in [-0.2, 0) is 10.0 Å². The molecule has 0 bridgehead atoms. The van der Waals surface area contributed by atoms with Gasteiger partial charge >= 0.3 is 0 Å². The van der Waals surface area contributed by atoms with Gasteiger partial charge in [-0.1, -0.05) is 48.0 Å². The minimum absolute atomic E-state index is 0.129. The summed E-state index contributed by atoms with van der Waals surface area (Å²) in [6.45, 7) is 4.03. The van der Waals surface area contributed by atoms with Gasteiger partial charge in [-0.2, -0.15) is 0 Å². The fourth-order valence-electron chi connectivity index (χ4n) is 4.84. The molecule has 0 amide bonds. The molecule has 3 aromatic carbocycles. The molecule has 0 spiro atoms. The maximum Gasteiger partial charge on any atom is 0.261 e. The molecule has 176 valence electrons. The van der Waals surface area contributed by atoms with Crippen LogP contribution in [0.25, 0.3) is 0 Å². The van der Waals surface area contributed by atoms with Crippen LogP contribution in [0.5, 0.6) is 5.75 Å². The second-order valence-electron chi connectivity index (χ2n) is 9.05. The number of allylic oxidation sites excluding steroid dienone is 2. The van der Waals surface area contributed by atoms with Crippen molar-refractivity contribution in [3.63, 3.8) is 0 Å². The summed E-state index contributed by atoms with van der Waals surface area (Å²) in [7, 11) is -3.78. The lowest BCUT2D eigenvalue weighted by Crippen LogP contribution is -2.29. The van der Waals surface area contributed by atoms with Crippen molar-refractivity contribution in [1.29, 1.82) is 0 Å². The van der Waals surface area contributed by atoms with E-state index in [1.165, 1.54) is 5.56 Å². The van der Waals surface area contributed by atoms with E-state index in [2.05, 4.69) is 34.3 Å². The van der Waals surface area contributed by atoms with Crippen LogP contribution in [0.4, 0.5) is 11.4 Å². The molecule has 0 saturated carbocycles. The third kappa shape index (κ3) is 4.40. The standard InChI is InChI=1S/C27H27ClN2O3S/c1-17(2)33-19-12-10-18(11-13-19)27-22-7-5-6-21(22)23-16-20(14-15-25(23)29-27)34(31,32)30-26-9-4-3-8-24(26)28/h3-6,8-17,21-22,27,29-30H,7H2,1-2H3/t21-,22+,27+/m0/s1. The molecule has 1 heterocycles. The van der Waals surface area contributed by atoms with E-state index in [1.54, 1.807) is 36.4 Å². The molecule has 2 aliphatic rings. The normalized spacial score (nSPS) is 21.0. The molecule has 0 radical (unpaired) electrons. The second-order valence-corrected chi connectivity index (χ2v) is 11.1. The molecule has 3 aromatic rings. The Morgan fingerprint density at radius 3 is 2.56 bits per heavy atom. The number of fused-ring (bicyclic) bond motifs is 3. The topological polar surface area (TPSA) is 67.4 Å². The predicted octanol–water partition coefficient (Wildman–Crippen LogP) is 6.75. The molecular formula is C27H27ClN2O3S. The summed E-state index contributed by atoms with van der Waals surface area (Å²) in [5.41, 5.74) is 3.51. The van der Waals surface area contributed by atoms with E-state index >= 15 is 0 Å². The number of rotatable bonds is 6. The summed E-state index contributed by atoms with van der Waals surface area (Å²) in [6, 6.07) is 20.5. The Labute approximate surface area is 205 Å². The number of halogens is 1. The third-order valence-electron chi connectivity index (χ3n) is 6.37. The van der Waals surface area contributed by atoms with Gasteiger partial charge in [-0.15, -0.1) is 0 Å². The van der Waals surface area contributed by atoms with Crippen molar-refractivity contribution < 1.29 is 13.2 Å². The van der Waals surface area contributed by atoms with Crippen LogP contribution in [0, 0.1) is 5.92 Å². The van der Waals surface area contributed by atoms with Crippen LogP contribution in [0.15, 0.2) is 83.8 Å². The Morgan fingerprint density at radius 2 is 1.82 bits per heavy atom. The lowest BCUT2D eigenvalue weighted by Gasteiger charge is -2.37. The number of sulfonamides is 1. The van der Waals surface area contributed by atoms with Gasteiger partial charge in [0.15, 0.2) is 0 Å². The van der Waals surface area contributed by atoms with Gasteiger partial charge in [0.2, 0.25) is 0 Å². The van der Waals surface area contributed by atoms with Crippen molar-refractivity contribution >= 4 is 33.0 Å². The fourth-order valence-corrected chi connectivity index (χ4v) is 6.20. The van der Waals surface area contributed by atoms with Gasteiger partial charge in [-0.3, -0.25) is 4.72 Å². The van der Waals surface area contributed by atoms with Crippen molar-refractivity contribution in [2.75, 3.05) is 10.0 Å². The summed E-state index contributed by atoms with van der Waals surface area (Å²) in [4.78, 5) is 0.223. The molecule has 0 saturated heterocycles. The maximum atomic E-state index is 13.1. The molecule has 1 aliphatic heterocycles. The summed E-state index contributed by atoms with van der Waals surface area (Å²) in [5.74, 6) is 1.30. The summed E-state index contributed by atoms with van der Waals surface area (Å²) in [5, 5.41) is 4.02. The van der Waals surface area contributed by atoms with Gasteiger partial charge in [-0.05, 0) is 79.8 Å². The van der Waals surface area contributed by atoms with Crippen molar-refractivity contribution in [1.82, 2.24) is 0 Å². The zero-order chi connectivity index (χ0) is 23.9. The number of nitrogens with one attached hydrogen (secondary N) is 2. The highest BCUT2D eigenvalue weighted by molar-refractivity contribution is 7.92. The van der Waals surface area contributed by atoms with E-state index in [4.69, 9.17) is 16.3 Å². The smallest absolute Gasteiger partial charge is 0.261 e. The largest absolute Gasteiger partial charge is 0.491 e. The molecule has 0 fully saturated rings. The quantitative estimate of drug-likeness (QED) is 0.372. The predicted molar refractivity (Wildman–Crippen MR) is 137 cm³/mol. The van der Waals surface area contributed by atoms with Gasteiger partial charge in [0.05, 0.1) is 27.8 Å². The van der Waals surface area contributed by atoms with E-state index in [-0.39, 0.29) is 23.0 Å². The maximum absolute atomic E-state index is 13.1. The minimum Gasteiger partial charge on any atom is -0.491 e. The number of benzene rings is 3. The number of ether oxygens (including phenoxy) is 1. The van der Waals surface area contributed by atoms with Crippen LogP contribution in [0.3, 0.4) is 0 Å². The first-order valence-electron chi connectivity index (χ1n) is 11.4. The van der Waals surface area contributed by atoms with Crippen LogP contribution in [0.1, 0.15) is 43.4 Å². The van der Waals surface area contributed by atoms with E-state index in [1.807, 2.05) is 32.0 Å². The van der Waals surface area contributed by atoms with E-state index in [9.17, 15) is 8.42 Å².